The van der Waals surface area contributed by atoms with Gasteiger partial charge in [0, 0.05) is 15.8 Å². The quantitative estimate of drug-likeness (QED) is 0.908. The molecule has 2 unspecified atom stereocenters. The van der Waals surface area contributed by atoms with Gasteiger partial charge in [-0.2, -0.15) is 11.8 Å². The van der Waals surface area contributed by atoms with Crippen molar-refractivity contribution < 1.29 is 4.74 Å². The Balaban J connectivity index is 2.25. The minimum atomic E-state index is 0.550. The Hall–Kier alpha value is -0.350. The van der Waals surface area contributed by atoms with Gasteiger partial charge in [0.15, 0.2) is 0 Å². The minimum Gasteiger partial charge on any atom is -0.495 e. The fourth-order valence-corrected chi connectivity index (χ4v) is 3.91. The van der Waals surface area contributed by atoms with Crippen molar-refractivity contribution >= 4 is 33.4 Å². The van der Waals surface area contributed by atoms with E-state index in [4.69, 9.17) is 4.74 Å². The molecule has 1 aliphatic rings. The molecule has 0 spiro atoms. The van der Waals surface area contributed by atoms with Crippen molar-refractivity contribution in [2.75, 3.05) is 18.2 Å². The van der Waals surface area contributed by atoms with Gasteiger partial charge in [-0.15, -0.1) is 0 Å². The second kappa shape index (κ2) is 5.53. The number of halogens is 1. The highest BCUT2D eigenvalue weighted by Crippen LogP contribution is 2.36. The molecule has 4 heteroatoms. The summed E-state index contributed by atoms with van der Waals surface area (Å²) in [6.45, 7) is 4.40. The summed E-state index contributed by atoms with van der Waals surface area (Å²) < 4.78 is 6.51. The zero-order chi connectivity index (χ0) is 12.4. The van der Waals surface area contributed by atoms with E-state index in [0.717, 1.165) is 15.9 Å². The second-order valence-corrected chi connectivity index (χ2v) is 6.82. The lowest BCUT2D eigenvalue weighted by atomic mass is 10.1. The molecule has 1 aromatic carbocycles. The number of benzene rings is 1. The first-order valence-corrected chi connectivity index (χ1v) is 7.68. The topological polar surface area (TPSA) is 21.3 Å². The molecule has 0 amide bonds. The van der Waals surface area contributed by atoms with E-state index in [1.54, 1.807) is 7.11 Å². The Kier molecular flexibility index (Phi) is 4.26. The average molecular weight is 316 g/mol. The maximum Gasteiger partial charge on any atom is 0.143 e. The molecule has 2 rings (SSSR count). The van der Waals surface area contributed by atoms with Crippen molar-refractivity contribution in [1.29, 1.82) is 0 Å². The number of thioether (sulfide) groups is 1. The van der Waals surface area contributed by atoms with Gasteiger partial charge in [-0.1, -0.05) is 22.9 Å². The van der Waals surface area contributed by atoms with Crippen LogP contribution in [0.1, 0.15) is 18.9 Å². The summed E-state index contributed by atoms with van der Waals surface area (Å²) in [6.07, 6.45) is 1.23. The van der Waals surface area contributed by atoms with Gasteiger partial charge in [-0.3, -0.25) is 0 Å². The zero-order valence-electron chi connectivity index (χ0n) is 10.4. The summed E-state index contributed by atoms with van der Waals surface area (Å²) in [7, 11) is 1.72. The smallest absolute Gasteiger partial charge is 0.143 e. The summed E-state index contributed by atoms with van der Waals surface area (Å²) in [5.41, 5.74) is 2.36. The molecule has 0 aromatic heterocycles. The van der Waals surface area contributed by atoms with Crippen LogP contribution in [-0.4, -0.2) is 24.2 Å². The Morgan fingerprint density at radius 3 is 2.82 bits per heavy atom. The van der Waals surface area contributed by atoms with E-state index in [0.29, 0.717) is 11.3 Å². The van der Waals surface area contributed by atoms with Crippen molar-refractivity contribution in [3.8, 4) is 5.75 Å². The molecule has 2 nitrogen and oxygen atoms in total. The van der Waals surface area contributed by atoms with Crippen LogP contribution >= 0.6 is 27.7 Å². The molecule has 1 aliphatic heterocycles. The van der Waals surface area contributed by atoms with Crippen LogP contribution in [0.15, 0.2) is 16.6 Å². The van der Waals surface area contributed by atoms with Crippen LogP contribution in [0.3, 0.4) is 0 Å². The number of methoxy groups -OCH3 is 1. The van der Waals surface area contributed by atoms with E-state index in [1.165, 1.54) is 17.7 Å². The summed E-state index contributed by atoms with van der Waals surface area (Å²) in [5.74, 6) is 2.16. The molecule has 1 aromatic rings. The fraction of sp³-hybridized carbons (Fsp3) is 0.538. The monoisotopic (exact) mass is 315 g/mol. The molecule has 1 N–H and O–H groups in total. The molecule has 0 radical (unpaired) electrons. The van der Waals surface area contributed by atoms with Gasteiger partial charge in [0.2, 0.25) is 0 Å². The van der Waals surface area contributed by atoms with Gasteiger partial charge in [-0.05, 0) is 36.8 Å². The van der Waals surface area contributed by atoms with Crippen LogP contribution in [0.2, 0.25) is 0 Å². The standard InChI is InChI=1S/C13H18BrNOS/c1-8-6-10(14)7-12(16-3)13(8)15-11-4-5-17-9(11)2/h6-7,9,11,15H,4-5H2,1-3H3. The van der Waals surface area contributed by atoms with Crippen LogP contribution in [0.25, 0.3) is 0 Å². The predicted octanol–water partition coefficient (Wildman–Crippen LogP) is 4.07. The highest BCUT2D eigenvalue weighted by Gasteiger charge is 2.25. The Morgan fingerprint density at radius 2 is 2.24 bits per heavy atom. The van der Waals surface area contributed by atoms with E-state index in [2.05, 4.69) is 41.2 Å². The fourth-order valence-electron chi connectivity index (χ4n) is 2.17. The minimum absolute atomic E-state index is 0.550. The van der Waals surface area contributed by atoms with Crippen molar-refractivity contribution in [1.82, 2.24) is 0 Å². The lowest BCUT2D eigenvalue weighted by Gasteiger charge is -2.21. The molecule has 94 valence electrons. The Morgan fingerprint density at radius 1 is 1.47 bits per heavy atom. The molecule has 1 saturated heterocycles. The van der Waals surface area contributed by atoms with Gasteiger partial charge in [0.25, 0.3) is 0 Å². The van der Waals surface area contributed by atoms with E-state index in [-0.39, 0.29) is 0 Å². The van der Waals surface area contributed by atoms with Gasteiger partial charge in [0.05, 0.1) is 12.8 Å². The van der Waals surface area contributed by atoms with Crippen LogP contribution in [0.5, 0.6) is 5.75 Å². The highest BCUT2D eigenvalue weighted by molar-refractivity contribution is 9.10. The van der Waals surface area contributed by atoms with E-state index >= 15 is 0 Å². The van der Waals surface area contributed by atoms with Crippen molar-refractivity contribution in [3.05, 3.63) is 22.2 Å². The summed E-state index contributed by atoms with van der Waals surface area (Å²) in [6, 6.07) is 4.69. The third kappa shape index (κ3) is 2.91. The molecule has 0 bridgehead atoms. The van der Waals surface area contributed by atoms with Gasteiger partial charge >= 0.3 is 0 Å². The zero-order valence-corrected chi connectivity index (χ0v) is 12.8. The first kappa shape index (κ1) is 13.1. The molecule has 0 saturated carbocycles. The van der Waals surface area contributed by atoms with E-state index in [9.17, 15) is 0 Å². The number of hydrogen-bond acceptors (Lipinski definition) is 3. The maximum absolute atomic E-state index is 5.45. The predicted molar refractivity (Wildman–Crippen MR) is 79.4 cm³/mol. The number of aryl methyl sites for hydroxylation is 1. The molecule has 1 fully saturated rings. The Labute approximate surface area is 116 Å². The average Bonchev–Trinajstić information content (AvgIpc) is 2.68. The van der Waals surface area contributed by atoms with Crippen LogP contribution in [0, 0.1) is 6.92 Å². The number of ether oxygens (including phenoxy) is 1. The van der Waals surface area contributed by atoms with Crippen LogP contribution < -0.4 is 10.1 Å². The van der Waals surface area contributed by atoms with Crippen molar-refractivity contribution in [2.45, 2.75) is 31.6 Å². The lowest BCUT2D eigenvalue weighted by Crippen LogP contribution is -2.25. The highest BCUT2D eigenvalue weighted by atomic mass is 79.9. The Bertz CT molecular complexity index is 411. The van der Waals surface area contributed by atoms with Crippen molar-refractivity contribution in [3.63, 3.8) is 0 Å². The third-order valence-electron chi connectivity index (χ3n) is 3.19. The number of rotatable bonds is 3. The lowest BCUT2D eigenvalue weighted by molar-refractivity contribution is 0.415. The SMILES string of the molecule is COc1cc(Br)cc(C)c1NC1CCSC1C. The van der Waals surface area contributed by atoms with Crippen LogP contribution in [0.4, 0.5) is 5.69 Å². The molecule has 0 aliphatic carbocycles. The van der Waals surface area contributed by atoms with Gasteiger partial charge in [-0.25, -0.2) is 0 Å². The second-order valence-electron chi connectivity index (χ2n) is 4.42. The van der Waals surface area contributed by atoms with E-state index < -0.39 is 0 Å². The first-order valence-electron chi connectivity index (χ1n) is 5.84. The van der Waals surface area contributed by atoms with E-state index in [1.807, 2.05) is 17.8 Å². The van der Waals surface area contributed by atoms with Gasteiger partial charge in [0.1, 0.15) is 5.75 Å². The summed E-state index contributed by atoms with van der Waals surface area (Å²) in [4.78, 5) is 0. The van der Waals surface area contributed by atoms with Gasteiger partial charge < -0.3 is 10.1 Å². The van der Waals surface area contributed by atoms with Crippen molar-refractivity contribution in [2.24, 2.45) is 0 Å². The third-order valence-corrected chi connectivity index (χ3v) is 4.97. The number of anilines is 1. The largest absolute Gasteiger partial charge is 0.495 e. The molecule has 17 heavy (non-hydrogen) atoms. The molecular formula is C13H18BrNOS. The van der Waals surface area contributed by atoms with Crippen LogP contribution in [-0.2, 0) is 0 Å². The number of hydrogen-bond donors (Lipinski definition) is 1. The normalized spacial score (nSPS) is 23.8. The maximum atomic E-state index is 5.45. The summed E-state index contributed by atoms with van der Waals surface area (Å²) in [5, 5.41) is 4.31. The first-order chi connectivity index (χ1) is 8.11. The number of nitrogens with one attached hydrogen (secondary N) is 1. The molecule has 1 heterocycles. The molecule has 2 atom stereocenters. The molecular weight excluding hydrogens is 298 g/mol. The summed E-state index contributed by atoms with van der Waals surface area (Å²) >= 11 is 5.54.